The number of carbonyl (C=O) groups is 2. The van der Waals surface area contributed by atoms with Gasteiger partial charge in [0.1, 0.15) is 11.5 Å². The zero-order chi connectivity index (χ0) is 32.8. The number of hydrogen-bond acceptors (Lipinski definition) is 7. The normalized spacial score (nSPS) is 18.1. The molecule has 252 valence electrons. The van der Waals surface area contributed by atoms with Gasteiger partial charge >= 0.3 is 11.9 Å². The lowest BCUT2D eigenvalue weighted by Crippen LogP contribution is -2.52. The van der Waals surface area contributed by atoms with E-state index in [1.807, 2.05) is 0 Å². The van der Waals surface area contributed by atoms with E-state index in [0.717, 1.165) is 44.9 Å². The van der Waals surface area contributed by atoms with Crippen LogP contribution in [0.1, 0.15) is 132 Å². The first-order valence-electron chi connectivity index (χ1n) is 16.7. The first-order valence-corrected chi connectivity index (χ1v) is 19.6. The summed E-state index contributed by atoms with van der Waals surface area (Å²) in [5.41, 5.74) is -3.12. The van der Waals surface area contributed by atoms with E-state index >= 15 is 0 Å². The number of carboxylic acid groups (broad SMARTS) is 1. The molecule has 2 N–H and O–H groups in total. The van der Waals surface area contributed by atoms with Crippen LogP contribution in [-0.4, -0.2) is 67.3 Å². The van der Waals surface area contributed by atoms with Crippen molar-refractivity contribution in [3.63, 3.8) is 0 Å². The lowest BCUT2D eigenvalue weighted by atomic mass is 9.83. The molecule has 0 aromatic heterocycles. The molecule has 9 heteroatoms. The van der Waals surface area contributed by atoms with Gasteiger partial charge in [0.15, 0.2) is 19.7 Å². The minimum Gasteiger partial charge on any atom is -0.481 e. The van der Waals surface area contributed by atoms with Crippen LogP contribution in [0.2, 0.25) is 18.1 Å². The quantitative estimate of drug-likeness (QED) is 0.0567. The van der Waals surface area contributed by atoms with Crippen molar-refractivity contribution >= 4 is 20.3 Å². The maximum atomic E-state index is 13.2. The molecule has 0 saturated carbocycles. The summed E-state index contributed by atoms with van der Waals surface area (Å²) in [6.07, 6.45) is 15.6. The number of carboxylic acids is 1. The molecule has 1 aliphatic rings. The average Bonchev–Trinajstić information content (AvgIpc) is 3.34. The monoisotopic (exact) mass is 628 g/mol. The fourth-order valence-corrected chi connectivity index (χ4v) is 6.07. The zero-order valence-electron chi connectivity index (χ0n) is 28.9. The van der Waals surface area contributed by atoms with Crippen molar-refractivity contribution in [1.29, 1.82) is 0 Å². The molecule has 0 aromatic carbocycles. The van der Waals surface area contributed by atoms with E-state index in [4.69, 9.17) is 18.6 Å². The highest BCUT2D eigenvalue weighted by atomic mass is 28.4. The zero-order valence-corrected chi connectivity index (χ0v) is 29.9. The Kier molecular flexibility index (Phi) is 16.7. The fourth-order valence-electron chi connectivity index (χ4n) is 5.03. The van der Waals surface area contributed by atoms with Gasteiger partial charge in [-0.3, -0.25) is 4.79 Å². The van der Waals surface area contributed by atoms with Gasteiger partial charge in [-0.15, -0.1) is 0 Å². The molecule has 0 unspecified atom stereocenters. The van der Waals surface area contributed by atoms with Gasteiger partial charge in [-0.25, -0.2) is 4.79 Å². The number of hydrogen-bond donors (Lipinski definition) is 2. The summed E-state index contributed by atoms with van der Waals surface area (Å²) >= 11 is 0. The smallest absolute Gasteiger partial charge is 0.339 e. The van der Waals surface area contributed by atoms with Crippen LogP contribution >= 0.6 is 0 Å². The first kappa shape index (κ1) is 39.8. The van der Waals surface area contributed by atoms with Crippen molar-refractivity contribution < 1.29 is 38.4 Å². The third-order valence-corrected chi connectivity index (χ3v) is 13.3. The largest absolute Gasteiger partial charge is 0.481 e. The molecule has 1 saturated heterocycles. The van der Waals surface area contributed by atoms with Gasteiger partial charge in [-0.1, -0.05) is 78.4 Å². The highest BCUT2D eigenvalue weighted by Gasteiger charge is 2.49. The van der Waals surface area contributed by atoms with E-state index in [9.17, 15) is 19.8 Å². The van der Waals surface area contributed by atoms with Crippen molar-refractivity contribution in [3.05, 3.63) is 12.2 Å². The predicted molar refractivity (Wildman–Crippen MR) is 175 cm³/mol. The van der Waals surface area contributed by atoms with Crippen LogP contribution in [0.25, 0.3) is 0 Å². The molecular weight excluding hydrogens is 564 g/mol. The van der Waals surface area contributed by atoms with E-state index in [1.54, 1.807) is 26.8 Å². The van der Waals surface area contributed by atoms with E-state index in [2.05, 4.69) is 40.8 Å². The minimum atomic E-state index is -2.25. The predicted octanol–water partition coefficient (Wildman–Crippen LogP) is 8.17. The standard InChI is InChI=1S/C34H64O8Si/c1-10-11-12-16-19-22-33(39-26-27-40-33)23-20-17-14-13-15-18-21-28(29(35)36)34(38,30(37)42-31(2,3)4)24-25-41-43(8,9)32(5,6)7/h18,21,28,38H,10-17,19-20,22-27H2,1-9H3,(H,35,36)/t28-,34+/m1/s1. The molecule has 1 aliphatic heterocycles. The maximum Gasteiger partial charge on any atom is 0.339 e. The molecule has 0 bridgehead atoms. The molecule has 2 atom stereocenters. The summed E-state index contributed by atoms with van der Waals surface area (Å²) in [7, 11) is -2.17. The Hall–Kier alpha value is -1.26. The summed E-state index contributed by atoms with van der Waals surface area (Å²) in [6.45, 7) is 19.2. The summed E-state index contributed by atoms with van der Waals surface area (Å²) in [4.78, 5) is 25.5. The Morgan fingerprint density at radius 1 is 0.907 bits per heavy atom. The Morgan fingerprint density at radius 2 is 1.44 bits per heavy atom. The van der Waals surface area contributed by atoms with Crippen LogP contribution in [0.4, 0.5) is 0 Å². The molecule has 0 aromatic rings. The highest BCUT2D eigenvalue weighted by molar-refractivity contribution is 6.74. The number of aliphatic hydroxyl groups is 1. The Morgan fingerprint density at radius 3 is 1.93 bits per heavy atom. The number of ether oxygens (including phenoxy) is 3. The van der Waals surface area contributed by atoms with Gasteiger partial charge in [-0.2, -0.15) is 0 Å². The number of aliphatic carboxylic acids is 1. The topological polar surface area (TPSA) is 112 Å². The Labute approximate surface area is 263 Å². The van der Waals surface area contributed by atoms with E-state index in [1.165, 1.54) is 31.8 Å². The molecule has 0 amide bonds. The number of rotatable bonds is 21. The second-order valence-corrected chi connectivity index (χ2v) is 19.6. The van der Waals surface area contributed by atoms with Gasteiger partial charge in [0.25, 0.3) is 0 Å². The van der Waals surface area contributed by atoms with Crippen molar-refractivity contribution in [1.82, 2.24) is 0 Å². The van der Waals surface area contributed by atoms with E-state index in [0.29, 0.717) is 19.6 Å². The fraction of sp³-hybridized carbons (Fsp3) is 0.882. The lowest BCUT2D eigenvalue weighted by Gasteiger charge is -2.38. The first-order chi connectivity index (χ1) is 19.9. The number of unbranched alkanes of at least 4 members (excludes halogenated alkanes) is 8. The van der Waals surface area contributed by atoms with Crippen molar-refractivity contribution in [2.45, 2.75) is 167 Å². The molecule has 43 heavy (non-hydrogen) atoms. The molecule has 1 rings (SSSR count). The van der Waals surface area contributed by atoms with E-state index in [-0.39, 0.29) is 18.1 Å². The molecule has 0 radical (unpaired) electrons. The number of carbonyl (C=O) groups excluding carboxylic acids is 1. The molecular formula is C34H64O8Si. The molecule has 0 aliphatic carbocycles. The average molecular weight is 629 g/mol. The minimum absolute atomic E-state index is 0.0604. The van der Waals surface area contributed by atoms with E-state index < -0.39 is 43.2 Å². The summed E-state index contributed by atoms with van der Waals surface area (Å²) < 4.78 is 23.8. The second kappa shape index (κ2) is 18.0. The molecule has 0 spiro atoms. The van der Waals surface area contributed by atoms with Gasteiger partial charge in [0, 0.05) is 25.9 Å². The van der Waals surface area contributed by atoms with Crippen molar-refractivity contribution in [2.24, 2.45) is 5.92 Å². The van der Waals surface area contributed by atoms with Crippen LogP contribution in [0.5, 0.6) is 0 Å². The lowest BCUT2D eigenvalue weighted by molar-refractivity contribution is -0.187. The van der Waals surface area contributed by atoms with Crippen LogP contribution in [0, 0.1) is 5.92 Å². The van der Waals surface area contributed by atoms with Crippen LogP contribution < -0.4 is 0 Å². The maximum absolute atomic E-state index is 13.2. The van der Waals surface area contributed by atoms with Crippen molar-refractivity contribution in [2.75, 3.05) is 19.8 Å². The summed E-state index contributed by atoms with van der Waals surface area (Å²) in [6, 6.07) is 0. The van der Waals surface area contributed by atoms with Crippen LogP contribution in [0.3, 0.4) is 0 Å². The van der Waals surface area contributed by atoms with Gasteiger partial charge in [0.05, 0.1) is 13.2 Å². The summed E-state index contributed by atoms with van der Waals surface area (Å²) in [5, 5.41) is 21.6. The van der Waals surface area contributed by atoms with Crippen LogP contribution in [0.15, 0.2) is 12.2 Å². The SMILES string of the molecule is CCCCCCCC1(CCCCCCC=C[C@H](C(=O)O)[C@@](O)(CCO[Si](C)(C)C(C)(C)C)C(=O)OC(C)(C)C)OCCO1. The van der Waals surface area contributed by atoms with Crippen LogP contribution in [-0.2, 0) is 28.2 Å². The number of allylic oxidation sites excluding steroid dienone is 1. The van der Waals surface area contributed by atoms with Gasteiger partial charge in [-0.05, 0) is 64.6 Å². The second-order valence-electron chi connectivity index (χ2n) is 14.8. The Balaban J connectivity index is 2.71. The molecule has 8 nitrogen and oxygen atoms in total. The molecule has 1 heterocycles. The Bertz CT molecular complexity index is 851. The third-order valence-electron chi connectivity index (χ3n) is 8.77. The van der Waals surface area contributed by atoms with Crippen molar-refractivity contribution in [3.8, 4) is 0 Å². The molecule has 1 fully saturated rings. The van der Waals surface area contributed by atoms with Gasteiger partial charge < -0.3 is 28.8 Å². The summed E-state index contributed by atoms with van der Waals surface area (Å²) in [5.74, 6) is -4.07. The number of esters is 1. The van der Waals surface area contributed by atoms with Gasteiger partial charge in [0.2, 0.25) is 0 Å². The third kappa shape index (κ3) is 14.1. The highest BCUT2D eigenvalue weighted by Crippen LogP contribution is 2.37.